The van der Waals surface area contributed by atoms with Gasteiger partial charge in [-0.2, -0.15) is 0 Å². The van der Waals surface area contributed by atoms with E-state index in [1.807, 2.05) is 6.07 Å². The van der Waals surface area contributed by atoms with Gasteiger partial charge in [-0.05, 0) is 35.1 Å². The summed E-state index contributed by atoms with van der Waals surface area (Å²) in [5, 5.41) is 0. The van der Waals surface area contributed by atoms with Crippen LogP contribution in [0, 0.1) is 3.83 Å². The monoisotopic (exact) mass is 312 g/mol. The summed E-state index contributed by atoms with van der Waals surface area (Å²) in [5.74, 6) is 0. The van der Waals surface area contributed by atoms with Gasteiger partial charge in [0.25, 0.3) is 0 Å². The van der Waals surface area contributed by atoms with Crippen molar-refractivity contribution in [3.05, 3.63) is 51.6 Å². The Labute approximate surface area is 103 Å². The first-order valence-electron chi connectivity index (χ1n) is 5.05. The Morgan fingerprint density at radius 2 is 2.00 bits per heavy atom. The second-order valence-corrected chi connectivity index (χ2v) is 4.41. The van der Waals surface area contributed by atoms with Crippen molar-refractivity contribution in [2.45, 2.75) is 19.9 Å². The molecule has 0 amide bonds. The summed E-state index contributed by atoms with van der Waals surface area (Å²) >= 11 is 2.28. The van der Waals surface area contributed by atoms with Crippen LogP contribution in [0.25, 0.3) is 0 Å². The highest BCUT2D eigenvalue weighted by molar-refractivity contribution is 14.1. The van der Waals surface area contributed by atoms with Crippen LogP contribution in [0.1, 0.15) is 18.2 Å². The number of hydrogen-bond acceptors (Lipinski definition) is 1. The second-order valence-electron chi connectivity index (χ2n) is 3.45. The van der Waals surface area contributed by atoms with Crippen molar-refractivity contribution in [1.82, 2.24) is 9.55 Å². The van der Waals surface area contributed by atoms with Crippen LogP contribution in [-0.4, -0.2) is 9.55 Å². The van der Waals surface area contributed by atoms with Crippen molar-refractivity contribution >= 4 is 22.6 Å². The fourth-order valence-corrected chi connectivity index (χ4v) is 2.35. The van der Waals surface area contributed by atoms with Crippen molar-refractivity contribution in [3.8, 4) is 0 Å². The van der Waals surface area contributed by atoms with E-state index >= 15 is 0 Å². The summed E-state index contributed by atoms with van der Waals surface area (Å²) in [6, 6.07) is 10.4. The van der Waals surface area contributed by atoms with Crippen LogP contribution >= 0.6 is 22.6 Å². The van der Waals surface area contributed by atoms with Crippen LogP contribution in [0.3, 0.4) is 0 Å². The lowest BCUT2D eigenvalue weighted by Gasteiger charge is -1.96. The largest absolute Gasteiger partial charge is 0.326 e. The summed E-state index contributed by atoms with van der Waals surface area (Å²) in [4.78, 5) is 4.53. The van der Waals surface area contributed by atoms with Crippen molar-refractivity contribution in [2.75, 3.05) is 0 Å². The molecule has 0 unspecified atom stereocenters. The second kappa shape index (κ2) is 4.79. The average Bonchev–Trinajstić information content (AvgIpc) is 2.60. The van der Waals surface area contributed by atoms with E-state index in [-0.39, 0.29) is 0 Å². The van der Waals surface area contributed by atoms with Gasteiger partial charge in [0.05, 0.1) is 5.69 Å². The maximum Gasteiger partial charge on any atom is 0.171 e. The minimum absolute atomic E-state index is 0.920. The van der Waals surface area contributed by atoms with Crippen molar-refractivity contribution < 1.29 is 0 Å². The average molecular weight is 312 g/mol. The fourth-order valence-electron chi connectivity index (χ4n) is 1.56. The van der Waals surface area contributed by atoms with Gasteiger partial charge in [-0.25, -0.2) is 4.98 Å². The Morgan fingerprint density at radius 3 is 2.60 bits per heavy atom. The first kappa shape index (κ1) is 10.7. The minimum atomic E-state index is 0.920. The lowest BCUT2D eigenvalue weighted by molar-refractivity contribution is 0.738. The normalized spacial score (nSPS) is 10.5. The summed E-state index contributed by atoms with van der Waals surface area (Å²) in [7, 11) is 0. The molecule has 0 radical (unpaired) electrons. The SMILES string of the molecule is CCn1cc(Cc2ccccc2)nc1I. The van der Waals surface area contributed by atoms with E-state index in [2.05, 4.69) is 69.5 Å². The highest BCUT2D eigenvalue weighted by atomic mass is 127. The van der Waals surface area contributed by atoms with E-state index in [0.717, 1.165) is 22.5 Å². The van der Waals surface area contributed by atoms with Gasteiger partial charge in [0.2, 0.25) is 0 Å². The quantitative estimate of drug-likeness (QED) is 0.796. The number of benzene rings is 1. The first-order valence-corrected chi connectivity index (χ1v) is 6.13. The Hall–Kier alpha value is -0.840. The van der Waals surface area contributed by atoms with E-state index in [1.54, 1.807) is 0 Å². The third-order valence-corrected chi connectivity index (χ3v) is 3.21. The molecule has 2 nitrogen and oxygen atoms in total. The van der Waals surface area contributed by atoms with Crippen LogP contribution in [0.5, 0.6) is 0 Å². The summed E-state index contributed by atoms with van der Waals surface area (Å²) < 4.78 is 3.24. The van der Waals surface area contributed by atoms with E-state index in [9.17, 15) is 0 Å². The van der Waals surface area contributed by atoms with Crippen molar-refractivity contribution in [1.29, 1.82) is 0 Å². The number of imidazole rings is 1. The Kier molecular flexibility index (Phi) is 3.41. The topological polar surface area (TPSA) is 17.8 Å². The molecule has 1 aromatic heterocycles. The maximum atomic E-state index is 4.53. The van der Waals surface area contributed by atoms with Crippen LogP contribution in [-0.2, 0) is 13.0 Å². The van der Waals surface area contributed by atoms with Gasteiger partial charge in [0.1, 0.15) is 0 Å². The maximum absolute atomic E-state index is 4.53. The van der Waals surface area contributed by atoms with Gasteiger partial charge in [-0.1, -0.05) is 30.3 Å². The Balaban J connectivity index is 2.18. The molecule has 0 aliphatic heterocycles. The third kappa shape index (κ3) is 2.59. The molecule has 0 saturated carbocycles. The lowest BCUT2D eigenvalue weighted by atomic mass is 10.1. The predicted octanol–water partition coefficient (Wildman–Crippen LogP) is 3.10. The van der Waals surface area contributed by atoms with E-state index in [1.165, 1.54) is 5.56 Å². The zero-order valence-electron chi connectivity index (χ0n) is 8.65. The zero-order chi connectivity index (χ0) is 10.7. The highest BCUT2D eigenvalue weighted by Gasteiger charge is 2.04. The molecule has 2 aromatic rings. The number of hydrogen-bond donors (Lipinski definition) is 0. The van der Waals surface area contributed by atoms with Crippen LogP contribution in [0.2, 0.25) is 0 Å². The molecular formula is C12H13IN2. The molecule has 0 saturated heterocycles. The summed E-state index contributed by atoms with van der Waals surface area (Å²) in [6.07, 6.45) is 3.05. The molecule has 0 aliphatic carbocycles. The minimum Gasteiger partial charge on any atom is -0.326 e. The fraction of sp³-hybridized carbons (Fsp3) is 0.250. The molecule has 1 heterocycles. The van der Waals surface area contributed by atoms with Gasteiger partial charge in [0, 0.05) is 19.2 Å². The number of halogens is 1. The third-order valence-electron chi connectivity index (χ3n) is 2.35. The van der Waals surface area contributed by atoms with Gasteiger partial charge in [-0.3, -0.25) is 0 Å². The van der Waals surface area contributed by atoms with Crippen LogP contribution in [0.15, 0.2) is 36.5 Å². The molecule has 0 aliphatic rings. The van der Waals surface area contributed by atoms with Gasteiger partial charge < -0.3 is 4.57 Å². The van der Waals surface area contributed by atoms with Gasteiger partial charge in [-0.15, -0.1) is 0 Å². The van der Waals surface area contributed by atoms with E-state index < -0.39 is 0 Å². The zero-order valence-corrected chi connectivity index (χ0v) is 10.8. The molecule has 1 aromatic carbocycles. The molecule has 15 heavy (non-hydrogen) atoms. The van der Waals surface area contributed by atoms with Gasteiger partial charge >= 0.3 is 0 Å². The number of rotatable bonds is 3. The molecular weight excluding hydrogens is 299 g/mol. The Morgan fingerprint density at radius 1 is 1.27 bits per heavy atom. The van der Waals surface area contributed by atoms with E-state index in [4.69, 9.17) is 0 Å². The first-order chi connectivity index (χ1) is 7.29. The highest BCUT2D eigenvalue weighted by Crippen LogP contribution is 2.11. The summed E-state index contributed by atoms with van der Waals surface area (Å²) in [5.41, 5.74) is 2.46. The standard InChI is InChI=1S/C12H13IN2/c1-2-15-9-11(14-12(15)13)8-10-6-4-3-5-7-10/h3-7,9H,2,8H2,1H3. The molecule has 0 spiro atoms. The molecule has 2 rings (SSSR count). The smallest absolute Gasteiger partial charge is 0.171 e. The molecule has 0 bridgehead atoms. The summed E-state index contributed by atoms with van der Waals surface area (Å²) in [6.45, 7) is 3.12. The van der Waals surface area contributed by atoms with Crippen molar-refractivity contribution in [2.24, 2.45) is 0 Å². The lowest BCUT2D eigenvalue weighted by Crippen LogP contribution is -1.93. The molecule has 0 N–H and O–H groups in total. The van der Waals surface area contributed by atoms with E-state index in [0.29, 0.717) is 0 Å². The molecule has 0 fully saturated rings. The number of aromatic nitrogens is 2. The van der Waals surface area contributed by atoms with Crippen LogP contribution in [0.4, 0.5) is 0 Å². The Bertz CT molecular complexity index is 434. The predicted molar refractivity (Wildman–Crippen MR) is 69.9 cm³/mol. The number of nitrogens with zero attached hydrogens (tertiary/aromatic N) is 2. The molecule has 78 valence electrons. The molecule has 0 atom stereocenters. The van der Waals surface area contributed by atoms with Crippen LogP contribution < -0.4 is 0 Å². The molecule has 3 heteroatoms. The van der Waals surface area contributed by atoms with Crippen molar-refractivity contribution in [3.63, 3.8) is 0 Å². The van der Waals surface area contributed by atoms with Gasteiger partial charge in [0.15, 0.2) is 3.83 Å². The number of aryl methyl sites for hydroxylation is 1.